The van der Waals surface area contributed by atoms with Crippen molar-refractivity contribution in [1.29, 1.82) is 0 Å². The first-order chi connectivity index (χ1) is 16.7. The van der Waals surface area contributed by atoms with Crippen LogP contribution in [0.2, 0.25) is 0 Å². The van der Waals surface area contributed by atoms with Gasteiger partial charge >= 0.3 is 11.9 Å². The fourth-order valence-corrected chi connectivity index (χ4v) is 3.95. The highest BCUT2D eigenvalue weighted by Crippen LogP contribution is 2.34. The Labute approximate surface area is 194 Å². The van der Waals surface area contributed by atoms with E-state index in [0.717, 1.165) is 30.8 Å². The molecule has 0 saturated carbocycles. The lowest BCUT2D eigenvalue weighted by Gasteiger charge is -2.30. The third kappa shape index (κ3) is 4.63. The van der Waals surface area contributed by atoms with E-state index in [0.29, 0.717) is 31.8 Å². The minimum atomic E-state index is -4.74. The van der Waals surface area contributed by atoms with E-state index in [-0.39, 0.29) is 24.1 Å². The molecule has 35 heavy (non-hydrogen) atoms. The maximum Gasteiger partial charge on any atom is 0.433 e. The number of rotatable bonds is 5. The van der Waals surface area contributed by atoms with Crippen molar-refractivity contribution in [2.24, 2.45) is 0 Å². The van der Waals surface area contributed by atoms with Crippen LogP contribution in [0.5, 0.6) is 17.4 Å². The summed E-state index contributed by atoms with van der Waals surface area (Å²) in [6.45, 7) is 1.09. The molecule has 0 aliphatic carbocycles. The Bertz CT molecular complexity index is 1310. The first kappa shape index (κ1) is 23.0. The molecule has 2 aliphatic rings. The van der Waals surface area contributed by atoms with Crippen LogP contribution in [0.15, 0.2) is 41.3 Å². The van der Waals surface area contributed by atoms with Gasteiger partial charge < -0.3 is 19.1 Å². The zero-order chi connectivity index (χ0) is 24.7. The Morgan fingerprint density at radius 2 is 1.91 bits per heavy atom. The summed E-state index contributed by atoms with van der Waals surface area (Å²) in [5, 5.41) is 0. The standard InChI is InChI=1S/C22H17F5N4O4/c23-15-5-12(6-16(24)20(15)35-14-1-3-28-17(7-14)22(25,26)27)10-34-18-8-19-30(21(32)29-18)9-13-2-4-33-11-31(13)19/h1,3,5-8,13H,2,4,9-11H2/t13-/m1/s1. The second-order valence-electron chi connectivity index (χ2n) is 7.95. The topological polar surface area (TPSA) is 78.7 Å². The average Bonchev–Trinajstić information content (AvgIpc) is 3.19. The number of hydrogen-bond donors (Lipinski definition) is 0. The molecule has 0 N–H and O–H groups in total. The van der Waals surface area contributed by atoms with Gasteiger partial charge in [-0.05, 0) is 30.2 Å². The summed E-state index contributed by atoms with van der Waals surface area (Å²) < 4.78 is 85.0. The normalized spacial score (nSPS) is 17.2. The van der Waals surface area contributed by atoms with Crippen LogP contribution in [0.3, 0.4) is 0 Å². The van der Waals surface area contributed by atoms with Crippen molar-refractivity contribution in [2.75, 3.05) is 18.2 Å². The molecule has 1 fully saturated rings. The van der Waals surface area contributed by atoms with Gasteiger partial charge in [0.2, 0.25) is 5.88 Å². The first-order valence-corrected chi connectivity index (χ1v) is 10.5. The largest absolute Gasteiger partial charge is 0.473 e. The van der Waals surface area contributed by atoms with Gasteiger partial charge in [0.15, 0.2) is 17.4 Å². The lowest BCUT2D eigenvalue weighted by Crippen LogP contribution is -2.39. The number of halogens is 5. The zero-order valence-corrected chi connectivity index (χ0v) is 17.9. The molecule has 4 heterocycles. The van der Waals surface area contributed by atoms with E-state index in [1.165, 1.54) is 4.57 Å². The van der Waals surface area contributed by atoms with Crippen molar-refractivity contribution in [3.63, 3.8) is 0 Å². The third-order valence-corrected chi connectivity index (χ3v) is 5.61. The van der Waals surface area contributed by atoms with Crippen LogP contribution in [0.25, 0.3) is 0 Å². The molecule has 5 rings (SSSR count). The highest BCUT2D eigenvalue weighted by molar-refractivity contribution is 5.47. The van der Waals surface area contributed by atoms with Gasteiger partial charge in [0.1, 0.15) is 30.6 Å². The number of alkyl halides is 3. The number of aromatic nitrogens is 3. The van der Waals surface area contributed by atoms with Gasteiger partial charge in [0.05, 0.1) is 12.6 Å². The summed E-state index contributed by atoms with van der Waals surface area (Å²) in [7, 11) is 0. The van der Waals surface area contributed by atoms with E-state index >= 15 is 0 Å². The lowest BCUT2D eigenvalue weighted by atomic mass is 10.2. The number of fused-ring (bicyclic) bond motifs is 3. The Morgan fingerprint density at radius 1 is 1.14 bits per heavy atom. The molecule has 3 aromatic rings. The van der Waals surface area contributed by atoms with Gasteiger partial charge in [-0.15, -0.1) is 0 Å². The molecule has 13 heteroatoms. The van der Waals surface area contributed by atoms with Crippen LogP contribution in [0.4, 0.5) is 27.8 Å². The molecular weight excluding hydrogens is 479 g/mol. The van der Waals surface area contributed by atoms with E-state index in [4.69, 9.17) is 14.2 Å². The second-order valence-corrected chi connectivity index (χ2v) is 7.95. The van der Waals surface area contributed by atoms with Crippen molar-refractivity contribution in [3.8, 4) is 17.4 Å². The van der Waals surface area contributed by atoms with Gasteiger partial charge in [-0.25, -0.2) is 13.6 Å². The Morgan fingerprint density at radius 3 is 2.66 bits per heavy atom. The molecular formula is C22H17F5N4O4. The maximum atomic E-state index is 14.5. The minimum absolute atomic E-state index is 0.0231. The van der Waals surface area contributed by atoms with Crippen molar-refractivity contribution in [3.05, 3.63) is 69.9 Å². The molecule has 0 spiro atoms. The fourth-order valence-electron chi connectivity index (χ4n) is 3.95. The van der Waals surface area contributed by atoms with Crippen molar-refractivity contribution < 1.29 is 36.2 Å². The van der Waals surface area contributed by atoms with Gasteiger partial charge in [-0.2, -0.15) is 18.2 Å². The molecule has 2 aliphatic heterocycles. The van der Waals surface area contributed by atoms with Crippen molar-refractivity contribution in [2.45, 2.75) is 31.8 Å². The molecule has 0 unspecified atom stereocenters. The summed E-state index contributed by atoms with van der Waals surface area (Å²) in [5.41, 5.74) is -1.72. The zero-order valence-electron chi connectivity index (χ0n) is 17.9. The number of benzene rings is 1. The van der Waals surface area contributed by atoms with Gasteiger partial charge in [0, 0.05) is 24.9 Å². The monoisotopic (exact) mass is 496 g/mol. The lowest BCUT2D eigenvalue weighted by molar-refractivity contribution is -0.141. The quantitative estimate of drug-likeness (QED) is 0.497. The van der Waals surface area contributed by atoms with E-state index in [9.17, 15) is 26.7 Å². The van der Waals surface area contributed by atoms with E-state index in [1.807, 2.05) is 4.90 Å². The van der Waals surface area contributed by atoms with Crippen molar-refractivity contribution >= 4 is 5.82 Å². The Hall–Kier alpha value is -3.74. The first-order valence-electron chi connectivity index (χ1n) is 10.5. The highest BCUT2D eigenvalue weighted by atomic mass is 19.4. The number of nitrogens with zero attached hydrogens (tertiary/aromatic N) is 4. The Kier molecular flexibility index (Phi) is 5.79. The van der Waals surface area contributed by atoms with Crippen LogP contribution in [0.1, 0.15) is 17.7 Å². The SMILES string of the molecule is O=c1nc(OCc2cc(F)c(Oc3ccnc(C(F)(F)F)c3)c(F)c2)cc2n1C[C@H]1CCOCN21. The second kappa shape index (κ2) is 8.80. The Balaban J connectivity index is 1.31. The number of ether oxygens (including phenoxy) is 3. The predicted molar refractivity (Wildman–Crippen MR) is 110 cm³/mol. The molecule has 0 bridgehead atoms. The van der Waals surface area contributed by atoms with Crippen LogP contribution < -0.4 is 20.1 Å². The minimum Gasteiger partial charge on any atom is -0.473 e. The molecule has 0 amide bonds. The van der Waals surface area contributed by atoms with Crippen molar-refractivity contribution in [1.82, 2.24) is 14.5 Å². The van der Waals surface area contributed by atoms with Gasteiger partial charge in [0.25, 0.3) is 0 Å². The van der Waals surface area contributed by atoms with Crippen LogP contribution in [0, 0.1) is 11.6 Å². The number of anilines is 1. The predicted octanol–water partition coefficient (Wildman–Crippen LogP) is 3.87. The van der Waals surface area contributed by atoms with E-state index in [2.05, 4.69) is 9.97 Å². The molecule has 1 saturated heterocycles. The fraction of sp³-hybridized carbons (Fsp3) is 0.318. The van der Waals surface area contributed by atoms with Crippen LogP contribution in [-0.4, -0.2) is 33.9 Å². The number of pyridine rings is 1. The summed E-state index contributed by atoms with van der Waals surface area (Å²) in [6, 6.07) is 5.09. The van der Waals surface area contributed by atoms with Crippen LogP contribution >= 0.6 is 0 Å². The molecule has 0 radical (unpaired) electrons. The highest BCUT2D eigenvalue weighted by Gasteiger charge is 2.34. The summed E-state index contributed by atoms with van der Waals surface area (Å²) in [6.07, 6.45) is -3.16. The molecule has 1 atom stereocenters. The summed E-state index contributed by atoms with van der Waals surface area (Å²) in [4.78, 5) is 21.4. The van der Waals surface area contributed by atoms with Gasteiger partial charge in [-0.1, -0.05) is 0 Å². The van der Waals surface area contributed by atoms with Crippen LogP contribution in [-0.2, 0) is 24.1 Å². The molecule has 1 aromatic carbocycles. The number of hydrogen-bond acceptors (Lipinski definition) is 7. The maximum absolute atomic E-state index is 14.5. The third-order valence-electron chi connectivity index (χ3n) is 5.61. The van der Waals surface area contributed by atoms with E-state index in [1.54, 1.807) is 6.07 Å². The summed E-state index contributed by atoms with van der Waals surface area (Å²) in [5.74, 6) is -3.05. The molecule has 8 nitrogen and oxygen atoms in total. The average molecular weight is 496 g/mol. The smallest absolute Gasteiger partial charge is 0.433 e. The van der Waals surface area contributed by atoms with Gasteiger partial charge in [-0.3, -0.25) is 9.55 Å². The van der Waals surface area contributed by atoms with E-state index < -0.39 is 40.7 Å². The molecule has 184 valence electrons. The molecule has 2 aromatic heterocycles. The summed E-state index contributed by atoms with van der Waals surface area (Å²) >= 11 is 0.